The van der Waals surface area contributed by atoms with Crippen LogP contribution < -0.4 is 0 Å². The molecule has 7 heteroatoms. The number of fused-ring (bicyclic) bond motifs is 8. The number of carboxylic acid groups (broad SMARTS) is 1. The second kappa shape index (κ2) is 7.62. The highest BCUT2D eigenvalue weighted by Gasteiger charge is 2.60. The van der Waals surface area contributed by atoms with E-state index < -0.39 is 26.5 Å². The van der Waals surface area contributed by atoms with E-state index in [9.17, 15) is 18.3 Å². The predicted molar refractivity (Wildman–Crippen MR) is 124 cm³/mol. The molecule has 1 N–H and O–H groups in total. The maximum atomic E-state index is 12.8. The van der Waals surface area contributed by atoms with Gasteiger partial charge >= 0.3 is 5.97 Å². The molecule has 0 saturated heterocycles. The van der Waals surface area contributed by atoms with Crippen molar-refractivity contribution >= 4 is 15.8 Å². The van der Waals surface area contributed by atoms with Gasteiger partial charge in [0.2, 0.25) is 0 Å². The molecule has 0 bridgehead atoms. The van der Waals surface area contributed by atoms with Gasteiger partial charge in [-0.1, -0.05) is 18.1 Å². The van der Waals surface area contributed by atoms with E-state index in [0.717, 1.165) is 25.7 Å². The summed E-state index contributed by atoms with van der Waals surface area (Å²) in [7, 11) is -3.32. The number of rotatable bonds is 2. The van der Waals surface area contributed by atoms with Crippen LogP contribution in [0.2, 0.25) is 0 Å². The molecular weight excluding hydrogens is 436 g/mol. The number of carbonyl (C=O) groups is 1. The standard InChI is InChI=1S/C26H34N2O4S/c1-33(31,32)23-3-2-9-26(25(29)30)10-8-19-17-5-4-15-12-22-16(13-27-14-28-22)11-21(15)18(17)6-7-20(19)24(23)26/h7,13-15,17-19,21,23-24H,2-6,8-12H2,1H3,(H,29,30). The molecule has 0 aromatic carbocycles. The molecule has 6 nitrogen and oxygen atoms in total. The first kappa shape index (κ1) is 21.8. The van der Waals surface area contributed by atoms with Gasteiger partial charge in [0.25, 0.3) is 0 Å². The number of hydrogen-bond donors (Lipinski definition) is 1. The van der Waals surface area contributed by atoms with Crippen LogP contribution in [0.5, 0.6) is 0 Å². The third-order valence-electron chi connectivity index (χ3n) is 10.3. The predicted octanol–water partition coefficient (Wildman–Crippen LogP) is 3.86. The third-order valence-corrected chi connectivity index (χ3v) is 11.9. The van der Waals surface area contributed by atoms with Crippen LogP contribution in [0.3, 0.4) is 0 Å². The molecule has 0 radical (unpaired) electrons. The zero-order valence-electron chi connectivity index (χ0n) is 19.3. The van der Waals surface area contributed by atoms with Crippen molar-refractivity contribution in [1.82, 2.24) is 9.97 Å². The van der Waals surface area contributed by atoms with Gasteiger partial charge in [0.05, 0.1) is 10.7 Å². The highest BCUT2D eigenvalue weighted by molar-refractivity contribution is 7.91. The summed E-state index contributed by atoms with van der Waals surface area (Å²) in [5.74, 6) is 1.66. The monoisotopic (exact) mass is 470 g/mol. The number of aromatic nitrogens is 2. The minimum atomic E-state index is -3.32. The van der Waals surface area contributed by atoms with Gasteiger partial charge in [0.1, 0.15) is 6.33 Å². The molecule has 3 saturated carbocycles. The summed E-state index contributed by atoms with van der Waals surface area (Å²) in [4.78, 5) is 21.4. The number of nitrogens with zero attached hydrogens (tertiary/aromatic N) is 2. The van der Waals surface area contributed by atoms with Crippen molar-refractivity contribution in [1.29, 1.82) is 0 Å². The minimum absolute atomic E-state index is 0.345. The van der Waals surface area contributed by atoms with Gasteiger partial charge in [0, 0.05) is 24.1 Å². The Morgan fingerprint density at radius 1 is 1.09 bits per heavy atom. The van der Waals surface area contributed by atoms with Crippen molar-refractivity contribution < 1.29 is 18.3 Å². The van der Waals surface area contributed by atoms with Crippen LogP contribution in [0, 0.1) is 40.9 Å². The van der Waals surface area contributed by atoms with Crippen LogP contribution in [0.25, 0.3) is 0 Å². The average molecular weight is 471 g/mol. The Bertz CT molecular complexity index is 1120. The van der Waals surface area contributed by atoms with E-state index in [1.165, 1.54) is 35.9 Å². The molecular formula is C26H34N2O4S. The SMILES string of the molecule is CS(=O)(=O)C1CCCC2(C(=O)O)CCC3C(=CCC4C5Cc6cncnc6CC5CCC34)C12. The van der Waals surface area contributed by atoms with Gasteiger partial charge in [-0.3, -0.25) is 4.79 Å². The van der Waals surface area contributed by atoms with Crippen LogP contribution in [0.4, 0.5) is 0 Å². The fourth-order valence-corrected chi connectivity index (χ4v) is 10.4. The average Bonchev–Trinajstić information content (AvgIpc) is 2.80. The Kier molecular flexibility index (Phi) is 5.02. The van der Waals surface area contributed by atoms with E-state index in [1.54, 1.807) is 6.33 Å². The smallest absolute Gasteiger partial charge is 0.310 e. The van der Waals surface area contributed by atoms with Gasteiger partial charge in [0.15, 0.2) is 9.84 Å². The zero-order chi connectivity index (χ0) is 23.0. The summed E-state index contributed by atoms with van der Waals surface area (Å²) in [6.45, 7) is 0. The number of hydrogen-bond acceptors (Lipinski definition) is 5. The number of allylic oxidation sites excluding steroid dienone is 2. The van der Waals surface area contributed by atoms with Crippen molar-refractivity contribution in [3.8, 4) is 0 Å². The van der Waals surface area contributed by atoms with E-state index in [0.29, 0.717) is 55.3 Å². The summed E-state index contributed by atoms with van der Waals surface area (Å²) in [6.07, 6.45) is 16.1. The fraction of sp³-hybridized carbons (Fsp3) is 0.731. The van der Waals surface area contributed by atoms with Gasteiger partial charge < -0.3 is 5.11 Å². The zero-order valence-corrected chi connectivity index (χ0v) is 20.1. The first-order chi connectivity index (χ1) is 15.8. The van der Waals surface area contributed by atoms with Crippen molar-refractivity contribution in [2.75, 3.05) is 6.26 Å². The Hall–Kier alpha value is -1.76. The van der Waals surface area contributed by atoms with Crippen molar-refractivity contribution in [3.63, 3.8) is 0 Å². The van der Waals surface area contributed by atoms with Crippen LogP contribution in [-0.2, 0) is 27.5 Å². The molecule has 5 aliphatic carbocycles. The fourth-order valence-electron chi connectivity index (χ4n) is 8.90. The van der Waals surface area contributed by atoms with Crippen LogP contribution >= 0.6 is 0 Å². The summed E-state index contributed by atoms with van der Waals surface area (Å²) in [6, 6.07) is 0. The first-order valence-electron chi connectivity index (χ1n) is 12.7. The van der Waals surface area contributed by atoms with Crippen molar-refractivity contribution in [2.24, 2.45) is 40.9 Å². The molecule has 8 atom stereocenters. The number of carboxylic acids is 1. The Morgan fingerprint density at radius 2 is 1.94 bits per heavy atom. The van der Waals surface area contributed by atoms with E-state index in [2.05, 4.69) is 16.0 Å². The van der Waals surface area contributed by atoms with Crippen molar-refractivity contribution in [2.45, 2.75) is 69.5 Å². The minimum Gasteiger partial charge on any atom is -0.481 e. The van der Waals surface area contributed by atoms with Crippen molar-refractivity contribution in [3.05, 3.63) is 35.4 Å². The molecule has 1 aromatic rings. The second-order valence-corrected chi connectivity index (χ2v) is 13.8. The largest absolute Gasteiger partial charge is 0.481 e. The maximum absolute atomic E-state index is 12.8. The molecule has 0 aliphatic heterocycles. The van der Waals surface area contributed by atoms with Gasteiger partial charge in [-0.25, -0.2) is 18.4 Å². The molecule has 6 rings (SSSR count). The van der Waals surface area contributed by atoms with Crippen LogP contribution in [0.1, 0.15) is 62.6 Å². The number of aliphatic carboxylic acids is 1. The highest BCUT2D eigenvalue weighted by atomic mass is 32.2. The summed E-state index contributed by atoms with van der Waals surface area (Å²) < 4.78 is 25.7. The quantitative estimate of drug-likeness (QED) is 0.659. The van der Waals surface area contributed by atoms with Crippen LogP contribution in [0.15, 0.2) is 24.2 Å². The molecule has 0 amide bonds. The molecule has 0 spiro atoms. The van der Waals surface area contributed by atoms with E-state index in [-0.39, 0.29) is 5.92 Å². The first-order valence-corrected chi connectivity index (χ1v) is 14.6. The van der Waals surface area contributed by atoms with E-state index in [1.807, 2.05) is 6.20 Å². The van der Waals surface area contributed by atoms with Gasteiger partial charge in [-0.2, -0.15) is 0 Å². The molecule has 178 valence electrons. The molecule has 33 heavy (non-hydrogen) atoms. The molecule has 1 heterocycles. The number of sulfone groups is 1. The topological polar surface area (TPSA) is 97.2 Å². The molecule has 1 aromatic heterocycles. The lowest BCUT2D eigenvalue weighted by atomic mass is 9.48. The summed E-state index contributed by atoms with van der Waals surface area (Å²) >= 11 is 0. The Balaban J connectivity index is 1.37. The van der Waals surface area contributed by atoms with Gasteiger partial charge in [-0.05, 0) is 92.9 Å². The van der Waals surface area contributed by atoms with Crippen LogP contribution in [-0.4, -0.2) is 41.0 Å². The normalized spacial score (nSPS) is 42.0. The summed E-state index contributed by atoms with van der Waals surface area (Å²) in [5.41, 5.74) is 2.81. The second-order valence-electron chi connectivity index (χ2n) is 11.5. The van der Waals surface area contributed by atoms with E-state index in [4.69, 9.17) is 0 Å². The lowest BCUT2D eigenvalue weighted by Crippen LogP contribution is -2.56. The van der Waals surface area contributed by atoms with E-state index >= 15 is 0 Å². The molecule has 5 aliphatic rings. The molecule has 8 unspecified atom stereocenters. The lowest BCUT2D eigenvalue weighted by molar-refractivity contribution is -0.157. The highest BCUT2D eigenvalue weighted by Crippen LogP contribution is 2.62. The molecule has 3 fully saturated rings. The Morgan fingerprint density at radius 3 is 2.73 bits per heavy atom. The summed E-state index contributed by atoms with van der Waals surface area (Å²) in [5, 5.41) is 9.79. The van der Waals surface area contributed by atoms with Gasteiger partial charge in [-0.15, -0.1) is 0 Å². The lowest BCUT2D eigenvalue weighted by Gasteiger charge is -2.57. The third kappa shape index (κ3) is 3.24. The Labute approximate surface area is 196 Å². The maximum Gasteiger partial charge on any atom is 0.310 e.